The number of rotatable bonds is 5. The Hall–Kier alpha value is -1.38. The van der Waals surface area contributed by atoms with Gasteiger partial charge in [-0.05, 0) is 11.5 Å². The highest BCUT2D eigenvalue weighted by atomic mass is 32.2. The highest BCUT2D eigenvalue weighted by molar-refractivity contribution is 7.89. The van der Waals surface area contributed by atoms with Crippen LogP contribution in [0.5, 0.6) is 0 Å². The van der Waals surface area contributed by atoms with Crippen LogP contribution < -0.4 is 0 Å². The zero-order valence-corrected chi connectivity index (χ0v) is 10.8. The molecule has 1 atom stereocenters. The molecule has 92 valence electrons. The minimum atomic E-state index is -3.36. The molecule has 0 aliphatic rings. The predicted molar refractivity (Wildman–Crippen MR) is 66.9 cm³/mol. The molecule has 0 saturated carbocycles. The van der Waals surface area contributed by atoms with Crippen LogP contribution in [-0.2, 0) is 10.0 Å². The van der Waals surface area contributed by atoms with Crippen molar-refractivity contribution in [2.45, 2.75) is 12.8 Å². The molecule has 0 saturated heterocycles. The van der Waals surface area contributed by atoms with E-state index in [0.717, 1.165) is 9.87 Å². The molecule has 0 heterocycles. The predicted octanol–water partition coefficient (Wildman–Crippen LogP) is 1.58. The highest BCUT2D eigenvalue weighted by Crippen LogP contribution is 2.17. The Morgan fingerprint density at radius 1 is 1.35 bits per heavy atom. The van der Waals surface area contributed by atoms with E-state index in [2.05, 4.69) is 0 Å². The lowest BCUT2D eigenvalue weighted by Crippen LogP contribution is -2.31. The fourth-order valence-electron chi connectivity index (χ4n) is 1.52. The quantitative estimate of drug-likeness (QED) is 0.747. The first kappa shape index (κ1) is 13.7. The van der Waals surface area contributed by atoms with Gasteiger partial charge in [-0.15, -0.1) is 0 Å². The fourth-order valence-corrected chi connectivity index (χ4v) is 2.85. The summed E-state index contributed by atoms with van der Waals surface area (Å²) in [5.41, 5.74) is 0.987. The van der Waals surface area contributed by atoms with Crippen LogP contribution in [0.15, 0.2) is 30.3 Å². The normalized spacial score (nSPS) is 13.3. The van der Waals surface area contributed by atoms with Crippen molar-refractivity contribution in [3.63, 3.8) is 0 Å². The van der Waals surface area contributed by atoms with Crippen molar-refractivity contribution in [3.05, 3.63) is 35.9 Å². The van der Waals surface area contributed by atoms with Gasteiger partial charge < -0.3 is 0 Å². The minimum Gasteiger partial charge on any atom is -0.212 e. The van der Waals surface area contributed by atoms with Crippen LogP contribution in [0.3, 0.4) is 0 Å². The summed E-state index contributed by atoms with van der Waals surface area (Å²) in [6, 6.07) is 11.3. The van der Waals surface area contributed by atoms with Crippen molar-refractivity contribution in [3.8, 4) is 6.07 Å². The van der Waals surface area contributed by atoms with E-state index in [4.69, 9.17) is 5.26 Å². The molecule has 0 spiro atoms. The van der Waals surface area contributed by atoms with Crippen molar-refractivity contribution in [2.24, 2.45) is 0 Å². The van der Waals surface area contributed by atoms with Gasteiger partial charge in [0.25, 0.3) is 0 Å². The summed E-state index contributed by atoms with van der Waals surface area (Å²) < 4.78 is 24.8. The number of benzene rings is 1. The fraction of sp³-hybridized carbons (Fsp3) is 0.417. The van der Waals surface area contributed by atoms with Crippen LogP contribution in [0, 0.1) is 11.3 Å². The van der Waals surface area contributed by atoms with Gasteiger partial charge in [0.15, 0.2) is 0 Å². The van der Waals surface area contributed by atoms with Crippen molar-refractivity contribution in [1.82, 2.24) is 4.31 Å². The maximum Gasteiger partial charge on any atom is 0.215 e. The number of sulfonamides is 1. The average molecular weight is 252 g/mol. The van der Waals surface area contributed by atoms with Crippen molar-refractivity contribution in [2.75, 3.05) is 19.3 Å². The Bertz CT molecular complexity index is 491. The number of hydrogen-bond donors (Lipinski definition) is 0. The lowest BCUT2D eigenvalue weighted by atomic mass is 10.0. The first-order valence-corrected chi connectivity index (χ1v) is 6.94. The summed E-state index contributed by atoms with van der Waals surface area (Å²) in [5.74, 6) is -0.0582. The molecular formula is C12H16N2O2S. The van der Waals surface area contributed by atoms with E-state index in [9.17, 15) is 8.42 Å². The van der Waals surface area contributed by atoms with Gasteiger partial charge in [-0.1, -0.05) is 37.3 Å². The van der Waals surface area contributed by atoms with Gasteiger partial charge in [0.05, 0.1) is 11.8 Å². The standard InChI is InChI=1S/C12H16N2O2S/c1-11(12-6-4-3-5-7-12)10-17(15,16)14(2)9-8-13/h3-7,11H,9-10H2,1-2H3. The SMILES string of the molecule is CC(CS(=O)(=O)N(C)CC#N)c1ccccc1. The van der Waals surface area contributed by atoms with Gasteiger partial charge in [-0.25, -0.2) is 8.42 Å². The molecule has 0 aromatic heterocycles. The topological polar surface area (TPSA) is 61.2 Å². The molecule has 4 nitrogen and oxygen atoms in total. The largest absolute Gasteiger partial charge is 0.215 e. The molecule has 0 N–H and O–H groups in total. The maximum absolute atomic E-state index is 11.9. The van der Waals surface area contributed by atoms with E-state index in [1.54, 1.807) is 0 Å². The van der Waals surface area contributed by atoms with E-state index >= 15 is 0 Å². The lowest BCUT2D eigenvalue weighted by molar-refractivity contribution is 0.497. The molecule has 0 bridgehead atoms. The third-order valence-electron chi connectivity index (χ3n) is 2.60. The second-order valence-corrected chi connectivity index (χ2v) is 6.12. The van der Waals surface area contributed by atoms with Gasteiger partial charge in [0, 0.05) is 7.05 Å². The second kappa shape index (κ2) is 5.80. The molecule has 0 aliphatic carbocycles. The second-order valence-electron chi connectivity index (χ2n) is 4.00. The molecule has 17 heavy (non-hydrogen) atoms. The van der Waals surface area contributed by atoms with Crippen LogP contribution in [0.25, 0.3) is 0 Å². The Kier molecular flexibility index (Phi) is 4.67. The van der Waals surface area contributed by atoms with Crippen molar-refractivity contribution < 1.29 is 8.42 Å². The lowest BCUT2D eigenvalue weighted by Gasteiger charge is -2.17. The molecule has 0 amide bonds. The summed E-state index contributed by atoms with van der Waals surface area (Å²) in [6.45, 7) is 1.76. The van der Waals surface area contributed by atoms with E-state index in [1.165, 1.54) is 7.05 Å². The highest BCUT2D eigenvalue weighted by Gasteiger charge is 2.21. The summed E-state index contributed by atoms with van der Waals surface area (Å²) in [4.78, 5) is 0. The van der Waals surface area contributed by atoms with E-state index in [0.29, 0.717) is 0 Å². The Labute approximate surface area is 103 Å². The Morgan fingerprint density at radius 2 is 1.94 bits per heavy atom. The number of nitrogens with zero attached hydrogens (tertiary/aromatic N) is 2. The molecular weight excluding hydrogens is 236 g/mol. The Balaban J connectivity index is 2.76. The number of hydrogen-bond acceptors (Lipinski definition) is 3. The average Bonchev–Trinajstić information content (AvgIpc) is 2.30. The van der Waals surface area contributed by atoms with Crippen molar-refractivity contribution in [1.29, 1.82) is 5.26 Å². The van der Waals surface area contributed by atoms with E-state index in [1.807, 2.05) is 43.3 Å². The first-order chi connectivity index (χ1) is 7.97. The van der Waals surface area contributed by atoms with Crippen molar-refractivity contribution >= 4 is 10.0 Å². The summed E-state index contributed by atoms with van der Waals surface area (Å²) in [5, 5.41) is 8.50. The molecule has 1 rings (SSSR count). The van der Waals surface area contributed by atoms with Crippen LogP contribution in [-0.4, -0.2) is 32.1 Å². The van der Waals surface area contributed by atoms with Crippen LogP contribution in [0.2, 0.25) is 0 Å². The zero-order chi connectivity index (χ0) is 12.9. The zero-order valence-electron chi connectivity index (χ0n) is 10.00. The third-order valence-corrected chi connectivity index (χ3v) is 4.60. The van der Waals surface area contributed by atoms with Gasteiger partial charge >= 0.3 is 0 Å². The number of nitriles is 1. The smallest absolute Gasteiger partial charge is 0.212 e. The van der Waals surface area contributed by atoms with Gasteiger partial charge in [-0.3, -0.25) is 0 Å². The van der Waals surface area contributed by atoms with Crippen LogP contribution >= 0.6 is 0 Å². The molecule has 0 aliphatic heterocycles. The molecule has 0 fully saturated rings. The van der Waals surface area contributed by atoms with E-state index in [-0.39, 0.29) is 18.2 Å². The van der Waals surface area contributed by atoms with Crippen LogP contribution in [0.1, 0.15) is 18.4 Å². The van der Waals surface area contributed by atoms with Gasteiger partial charge in [0.1, 0.15) is 6.54 Å². The maximum atomic E-state index is 11.9. The molecule has 1 aromatic rings. The van der Waals surface area contributed by atoms with Gasteiger partial charge in [0.2, 0.25) is 10.0 Å². The minimum absolute atomic E-state index is 0.0230. The molecule has 0 radical (unpaired) electrons. The summed E-state index contributed by atoms with van der Waals surface area (Å²) in [6.07, 6.45) is 0. The van der Waals surface area contributed by atoms with Gasteiger partial charge in [-0.2, -0.15) is 9.57 Å². The molecule has 5 heteroatoms. The molecule has 1 unspecified atom stereocenters. The summed E-state index contributed by atoms with van der Waals surface area (Å²) in [7, 11) is -1.93. The summed E-state index contributed by atoms with van der Waals surface area (Å²) >= 11 is 0. The van der Waals surface area contributed by atoms with Crippen LogP contribution in [0.4, 0.5) is 0 Å². The first-order valence-electron chi connectivity index (χ1n) is 5.33. The molecule has 1 aromatic carbocycles. The van der Waals surface area contributed by atoms with E-state index < -0.39 is 10.0 Å². The Morgan fingerprint density at radius 3 is 2.47 bits per heavy atom. The monoisotopic (exact) mass is 252 g/mol. The third kappa shape index (κ3) is 3.84.